The SMILES string of the molecule is CC1C(C(=O)NN2CCC(=O)CC2)=NN(c2ccccc2Cl)C1c1ccc(Cl)cc1. The Morgan fingerprint density at radius 3 is 2.40 bits per heavy atom. The van der Waals surface area contributed by atoms with Crippen molar-refractivity contribution in [3.8, 4) is 0 Å². The fourth-order valence-electron chi connectivity index (χ4n) is 3.88. The summed E-state index contributed by atoms with van der Waals surface area (Å²) in [6.45, 7) is 3.01. The number of ketones is 1. The second-order valence-corrected chi connectivity index (χ2v) is 8.38. The van der Waals surface area contributed by atoms with E-state index in [1.54, 1.807) is 11.1 Å². The van der Waals surface area contributed by atoms with Crippen LogP contribution in [0.1, 0.15) is 31.4 Å². The lowest BCUT2D eigenvalue weighted by molar-refractivity contribution is -0.126. The van der Waals surface area contributed by atoms with E-state index in [4.69, 9.17) is 23.2 Å². The van der Waals surface area contributed by atoms with E-state index in [9.17, 15) is 9.59 Å². The van der Waals surface area contributed by atoms with Gasteiger partial charge >= 0.3 is 0 Å². The van der Waals surface area contributed by atoms with Crippen LogP contribution in [0.5, 0.6) is 0 Å². The maximum absolute atomic E-state index is 13.0. The molecule has 2 aliphatic rings. The largest absolute Gasteiger partial charge is 0.300 e. The topological polar surface area (TPSA) is 65.0 Å². The number of nitrogens with one attached hydrogen (secondary N) is 1. The van der Waals surface area contributed by atoms with Gasteiger partial charge in [0, 0.05) is 36.9 Å². The van der Waals surface area contributed by atoms with Crippen LogP contribution in [0, 0.1) is 5.92 Å². The molecule has 1 N–H and O–H groups in total. The summed E-state index contributed by atoms with van der Waals surface area (Å²) in [6, 6.07) is 14.8. The molecule has 2 aromatic rings. The minimum Gasteiger partial charge on any atom is -0.300 e. The first-order chi connectivity index (χ1) is 14.4. The molecule has 0 aromatic heterocycles. The van der Waals surface area contributed by atoms with E-state index in [0.717, 1.165) is 11.3 Å². The van der Waals surface area contributed by atoms with Crippen LogP contribution in [0.15, 0.2) is 53.6 Å². The second kappa shape index (κ2) is 8.76. The van der Waals surface area contributed by atoms with Gasteiger partial charge in [0.2, 0.25) is 0 Å². The molecule has 1 fully saturated rings. The molecule has 2 aromatic carbocycles. The molecule has 0 aliphatic carbocycles. The van der Waals surface area contributed by atoms with Crippen LogP contribution in [0.4, 0.5) is 5.69 Å². The summed E-state index contributed by atoms with van der Waals surface area (Å²) in [6.07, 6.45) is 0.892. The molecule has 2 heterocycles. The first-order valence-electron chi connectivity index (χ1n) is 9.89. The summed E-state index contributed by atoms with van der Waals surface area (Å²) >= 11 is 12.5. The lowest BCUT2D eigenvalue weighted by Gasteiger charge is -2.28. The van der Waals surface area contributed by atoms with Crippen molar-refractivity contribution in [3.63, 3.8) is 0 Å². The van der Waals surface area contributed by atoms with Crippen molar-refractivity contribution in [3.05, 3.63) is 64.1 Å². The number of piperidine rings is 1. The third kappa shape index (κ3) is 4.21. The Kier molecular flexibility index (Phi) is 6.09. The molecular weight excluding hydrogens is 423 g/mol. The summed E-state index contributed by atoms with van der Waals surface area (Å²) in [5.41, 5.74) is 5.05. The van der Waals surface area contributed by atoms with Crippen LogP contribution in [-0.2, 0) is 9.59 Å². The number of benzene rings is 2. The van der Waals surface area contributed by atoms with Crippen LogP contribution < -0.4 is 10.4 Å². The van der Waals surface area contributed by atoms with Gasteiger partial charge in [-0.1, -0.05) is 54.4 Å². The van der Waals surface area contributed by atoms with Crippen LogP contribution in [-0.4, -0.2) is 35.5 Å². The number of carbonyl (C=O) groups excluding carboxylic acids is 2. The number of hydrazine groups is 1. The number of hydrogen-bond donors (Lipinski definition) is 1. The fourth-order valence-corrected chi connectivity index (χ4v) is 4.23. The number of amides is 1. The van der Waals surface area contributed by atoms with Gasteiger partial charge in [0.25, 0.3) is 5.91 Å². The number of hydrogen-bond acceptors (Lipinski definition) is 5. The minimum absolute atomic E-state index is 0.186. The Balaban J connectivity index is 1.64. The molecule has 0 saturated carbocycles. The first kappa shape index (κ1) is 20.8. The van der Waals surface area contributed by atoms with Crippen LogP contribution in [0.2, 0.25) is 10.0 Å². The zero-order valence-electron chi connectivity index (χ0n) is 16.5. The third-order valence-electron chi connectivity index (χ3n) is 5.51. The number of carbonyl (C=O) groups is 2. The van der Waals surface area contributed by atoms with Gasteiger partial charge in [0.15, 0.2) is 0 Å². The standard InChI is InChI=1S/C22H22Cl2N4O2/c1-14-20(22(30)26-27-12-10-17(29)11-13-27)25-28(19-5-3-2-4-18(19)24)21(14)15-6-8-16(23)9-7-15/h2-9,14,21H,10-13H2,1H3,(H,26,30). The molecule has 156 valence electrons. The predicted molar refractivity (Wildman–Crippen MR) is 119 cm³/mol. The van der Waals surface area contributed by atoms with E-state index in [0.29, 0.717) is 41.7 Å². The molecule has 2 atom stereocenters. The number of rotatable bonds is 4. The lowest BCUT2D eigenvalue weighted by Crippen LogP contribution is -2.49. The first-order valence-corrected chi connectivity index (χ1v) is 10.6. The quantitative estimate of drug-likeness (QED) is 0.765. The molecule has 4 rings (SSSR count). The number of nitrogens with zero attached hydrogens (tertiary/aromatic N) is 3. The maximum atomic E-state index is 13.0. The van der Waals surface area contributed by atoms with Crippen LogP contribution in [0.3, 0.4) is 0 Å². The van der Waals surface area contributed by atoms with Gasteiger partial charge in [-0.2, -0.15) is 5.10 Å². The van der Waals surface area contributed by atoms with Gasteiger partial charge in [0.1, 0.15) is 11.5 Å². The highest BCUT2D eigenvalue weighted by Crippen LogP contribution is 2.41. The van der Waals surface area contributed by atoms with Gasteiger partial charge in [-0.25, -0.2) is 5.01 Å². The Bertz CT molecular complexity index is 983. The lowest BCUT2D eigenvalue weighted by atomic mass is 9.91. The van der Waals surface area contributed by atoms with E-state index in [1.165, 1.54) is 0 Å². The number of Topliss-reactive ketones (excluding diaryl/α,β-unsaturated/α-hetero) is 1. The summed E-state index contributed by atoms with van der Waals surface area (Å²) in [5.74, 6) is -0.223. The molecular formula is C22H22Cl2N4O2. The number of anilines is 1. The van der Waals surface area contributed by atoms with E-state index in [1.807, 2.05) is 54.4 Å². The molecule has 0 bridgehead atoms. The molecule has 6 nitrogen and oxygen atoms in total. The Morgan fingerprint density at radius 2 is 1.73 bits per heavy atom. The van der Waals surface area contributed by atoms with Crippen molar-refractivity contribution in [2.24, 2.45) is 11.0 Å². The van der Waals surface area contributed by atoms with Crippen molar-refractivity contribution in [2.45, 2.75) is 25.8 Å². The second-order valence-electron chi connectivity index (χ2n) is 7.53. The molecule has 1 saturated heterocycles. The fraction of sp³-hybridized carbons (Fsp3) is 0.318. The van der Waals surface area contributed by atoms with Crippen molar-refractivity contribution in [1.29, 1.82) is 0 Å². The highest BCUT2D eigenvalue weighted by molar-refractivity contribution is 6.40. The molecule has 1 amide bonds. The van der Waals surface area contributed by atoms with E-state index in [2.05, 4.69) is 10.5 Å². The Morgan fingerprint density at radius 1 is 1.07 bits per heavy atom. The molecule has 2 unspecified atom stereocenters. The molecule has 2 aliphatic heterocycles. The third-order valence-corrected chi connectivity index (χ3v) is 6.08. The zero-order chi connectivity index (χ0) is 21.3. The number of hydrazone groups is 1. The van der Waals surface area contributed by atoms with Gasteiger partial charge in [-0.3, -0.25) is 20.0 Å². The highest BCUT2D eigenvalue weighted by Gasteiger charge is 2.40. The summed E-state index contributed by atoms with van der Waals surface area (Å²) in [7, 11) is 0. The van der Waals surface area contributed by atoms with Gasteiger partial charge in [-0.05, 0) is 29.8 Å². The number of para-hydroxylation sites is 1. The monoisotopic (exact) mass is 444 g/mol. The average Bonchev–Trinajstić information content (AvgIpc) is 3.08. The average molecular weight is 445 g/mol. The molecule has 0 spiro atoms. The number of halogens is 2. The molecule has 30 heavy (non-hydrogen) atoms. The Labute approximate surface area is 185 Å². The van der Waals surface area contributed by atoms with Crippen molar-refractivity contribution >= 4 is 46.3 Å². The van der Waals surface area contributed by atoms with Crippen LogP contribution in [0.25, 0.3) is 0 Å². The normalized spacial score (nSPS) is 22.2. The zero-order valence-corrected chi connectivity index (χ0v) is 18.0. The van der Waals surface area contributed by atoms with Crippen molar-refractivity contribution in [1.82, 2.24) is 10.4 Å². The molecule has 8 heteroatoms. The van der Waals surface area contributed by atoms with Crippen molar-refractivity contribution < 1.29 is 9.59 Å². The van der Waals surface area contributed by atoms with Crippen molar-refractivity contribution in [2.75, 3.05) is 18.1 Å². The van der Waals surface area contributed by atoms with Crippen LogP contribution >= 0.6 is 23.2 Å². The predicted octanol–water partition coefficient (Wildman–Crippen LogP) is 4.24. The van der Waals surface area contributed by atoms with E-state index in [-0.39, 0.29) is 23.7 Å². The molecule has 0 radical (unpaired) electrons. The van der Waals surface area contributed by atoms with Gasteiger partial charge < -0.3 is 0 Å². The minimum atomic E-state index is -0.259. The van der Waals surface area contributed by atoms with Gasteiger partial charge in [0.05, 0.1) is 16.8 Å². The van der Waals surface area contributed by atoms with E-state index >= 15 is 0 Å². The highest BCUT2D eigenvalue weighted by atomic mass is 35.5. The smallest absolute Gasteiger partial charge is 0.282 e. The summed E-state index contributed by atoms with van der Waals surface area (Å²) < 4.78 is 0. The van der Waals surface area contributed by atoms with Gasteiger partial charge in [-0.15, -0.1) is 0 Å². The Hall–Kier alpha value is -2.41. The maximum Gasteiger partial charge on any atom is 0.282 e. The van der Waals surface area contributed by atoms with E-state index < -0.39 is 0 Å². The summed E-state index contributed by atoms with van der Waals surface area (Å²) in [5, 5.41) is 9.49. The summed E-state index contributed by atoms with van der Waals surface area (Å²) in [4.78, 5) is 24.5.